The first-order valence-electron chi connectivity index (χ1n) is 12.3. The number of rotatable bonds is 5. The van der Waals surface area contributed by atoms with E-state index < -0.39 is 28.0 Å². The van der Waals surface area contributed by atoms with E-state index in [4.69, 9.17) is 4.74 Å². The lowest BCUT2D eigenvalue weighted by molar-refractivity contribution is 0.0812. The van der Waals surface area contributed by atoms with Gasteiger partial charge in [0.1, 0.15) is 22.6 Å². The quantitative estimate of drug-likeness (QED) is 0.581. The van der Waals surface area contributed by atoms with Crippen LogP contribution in [0.1, 0.15) is 37.8 Å². The molecular weight excluding hydrogens is 497 g/mol. The van der Waals surface area contributed by atoms with Gasteiger partial charge in [-0.05, 0) is 56.2 Å². The van der Waals surface area contributed by atoms with Gasteiger partial charge in [-0.15, -0.1) is 0 Å². The van der Waals surface area contributed by atoms with Gasteiger partial charge in [-0.3, -0.25) is 0 Å². The smallest absolute Gasteiger partial charge is 0.317 e. The van der Waals surface area contributed by atoms with Crippen molar-refractivity contribution in [1.29, 1.82) is 0 Å². The molecule has 3 atom stereocenters. The number of hydrogen-bond donors (Lipinski definition) is 2. The Balaban J connectivity index is 1.70. The van der Waals surface area contributed by atoms with Crippen LogP contribution >= 0.6 is 0 Å². The van der Waals surface area contributed by atoms with Gasteiger partial charge in [0.25, 0.3) is 0 Å². The zero-order valence-corrected chi connectivity index (χ0v) is 22.0. The number of sulfonamides is 1. The minimum atomic E-state index is -3.99. The Kier molecular flexibility index (Phi) is 8.07. The van der Waals surface area contributed by atoms with Crippen LogP contribution in [0.4, 0.5) is 9.18 Å². The number of amides is 2. The van der Waals surface area contributed by atoms with Crippen molar-refractivity contribution in [2.75, 3.05) is 26.7 Å². The summed E-state index contributed by atoms with van der Waals surface area (Å²) < 4.78 is 48.3. The maximum Gasteiger partial charge on any atom is 0.317 e. The zero-order chi connectivity index (χ0) is 26.7. The topological polar surface area (TPSA) is 99.2 Å². The van der Waals surface area contributed by atoms with Crippen LogP contribution in [-0.2, 0) is 10.0 Å². The standard InChI is InChI=1S/C27H32FN3O5S/c1-18-15-31(19(2)17-32)37(34,35)26-12-9-21(8-7-20-5-4-6-22(28)13-20)14-24(26)36-25(18)16-30(3)27(33)29-23-10-11-23/h4-6,9,12-14,18-19,23,25,32H,10-11,15-17H2,1-3H3,(H,29,33)/t18-,19+,25+/m1/s1. The van der Waals surface area contributed by atoms with Crippen molar-refractivity contribution in [3.05, 3.63) is 59.4 Å². The van der Waals surface area contributed by atoms with E-state index in [0.717, 1.165) is 12.8 Å². The average molecular weight is 530 g/mol. The van der Waals surface area contributed by atoms with Gasteiger partial charge in [-0.2, -0.15) is 4.31 Å². The number of ether oxygens (including phenoxy) is 1. The van der Waals surface area contributed by atoms with E-state index in [1.54, 1.807) is 43.1 Å². The number of likely N-dealkylation sites (N-methyl/N-ethyl adjacent to an activating group) is 1. The van der Waals surface area contributed by atoms with E-state index in [-0.39, 0.29) is 48.3 Å². The Morgan fingerprint density at radius 3 is 2.59 bits per heavy atom. The second kappa shape index (κ2) is 11.1. The fraction of sp³-hybridized carbons (Fsp3) is 0.444. The number of halogens is 1. The molecule has 1 aliphatic carbocycles. The van der Waals surface area contributed by atoms with E-state index >= 15 is 0 Å². The molecule has 2 aliphatic rings. The van der Waals surface area contributed by atoms with Gasteiger partial charge >= 0.3 is 6.03 Å². The molecule has 0 saturated heterocycles. The van der Waals surface area contributed by atoms with E-state index in [1.807, 2.05) is 6.92 Å². The zero-order valence-electron chi connectivity index (χ0n) is 21.1. The van der Waals surface area contributed by atoms with Crippen LogP contribution < -0.4 is 10.1 Å². The highest BCUT2D eigenvalue weighted by Gasteiger charge is 2.38. The summed E-state index contributed by atoms with van der Waals surface area (Å²) in [5.74, 6) is 5.25. The van der Waals surface area contributed by atoms with Gasteiger partial charge in [0, 0.05) is 42.7 Å². The Morgan fingerprint density at radius 2 is 1.95 bits per heavy atom. The third kappa shape index (κ3) is 6.42. The lowest BCUT2D eigenvalue weighted by atomic mass is 10.0. The van der Waals surface area contributed by atoms with E-state index in [2.05, 4.69) is 17.2 Å². The third-order valence-corrected chi connectivity index (χ3v) is 8.57. The van der Waals surface area contributed by atoms with Crippen molar-refractivity contribution in [1.82, 2.24) is 14.5 Å². The summed E-state index contributed by atoms with van der Waals surface area (Å²) >= 11 is 0. The molecule has 0 unspecified atom stereocenters. The maximum absolute atomic E-state index is 13.6. The molecule has 37 heavy (non-hydrogen) atoms. The molecule has 1 fully saturated rings. The van der Waals surface area contributed by atoms with Crippen molar-refractivity contribution in [3.63, 3.8) is 0 Å². The van der Waals surface area contributed by atoms with Gasteiger partial charge in [0.2, 0.25) is 10.0 Å². The van der Waals surface area contributed by atoms with Crippen LogP contribution in [0, 0.1) is 23.6 Å². The van der Waals surface area contributed by atoms with Crippen molar-refractivity contribution in [2.45, 2.75) is 49.8 Å². The molecule has 1 saturated carbocycles. The predicted molar refractivity (Wildman–Crippen MR) is 137 cm³/mol. The minimum absolute atomic E-state index is 0.0360. The van der Waals surface area contributed by atoms with Crippen LogP contribution in [0.2, 0.25) is 0 Å². The molecule has 2 amide bonds. The number of nitrogens with zero attached hydrogens (tertiary/aromatic N) is 2. The molecule has 2 aromatic carbocycles. The molecule has 8 nitrogen and oxygen atoms in total. The van der Waals surface area contributed by atoms with E-state index in [0.29, 0.717) is 11.1 Å². The summed E-state index contributed by atoms with van der Waals surface area (Å²) in [5.41, 5.74) is 0.977. The number of carbonyl (C=O) groups excluding carboxylic acids is 1. The summed E-state index contributed by atoms with van der Waals surface area (Å²) in [7, 11) is -2.31. The van der Waals surface area contributed by atoms with Crippen LogP contribution in [0.25, 0.3) is 0 Å². The SMILES string of the molecule is C[C@@H]1CN([C@@H](C)CO)S(=O)(=O)c2ccc(C#Cc3cccc(F)c3)cc2O[C@H]1CN(C)C(=O)NC1CC1. The molecule has 4 rings (SSSR count). The summed E-state index contributed by atoms with van der Waals surface area (Å²) in [6, 6.07) is 9.80. The van der Waals surface area contributed by atoms with Gasteiger partial charge in [0.15, 0.2) is 0 Å². The van der Waals surface area contributed by atoms with Gasteiger partial charge in [-0.1, -0.05) is 24.8 Å². The molecule has 0 radical (unpaired) electrons. The number of urea groups is 1. The normalized spacial score (nSPS) is 21.8. The number of nitrogens with one attached hydrogen (secondary N) is 1. The first kappa shape index (κ1) is 26.9. The molecule has 1 aliphatic heterocycles. The Morgan fingerprint density at radius 1 is 1.24 bits per heavy atom. The molecule has 2 aromatic rings. The Bertz CT molecular complexity index is 1320. The van der Waals surface area contributed by atoms with Gasteiger partial charge in [0.05, 0.1) is 13.2 Å². The van der Waals surface area contributed by atoms with Crippen molar-refractivity contribution in [2.24, 2.45) is 5.92 Å². The number of aliphatic hydroxyl groups is 1. The monoisotopic (exact) mass is 529 g/mol. The summed E-state index contributed by atoms with van der Waals surface area (Å²) in [6.45, 7) is 3.53. The highest BCUT2D eigenvalue weighted by atomic mass is 32.2. The summed E-state index contributed by atoms with van der Waals surface area (Å²) in [6.07, 6.45) is 1.41. The predicted octanol–water partition coefficient (Wildman–Crippen LogP) is 2.80. The molecule has 0 spiro atoms. The lowest BCUT2D eigenvalue weighted by Gasteiger charge is -2.37. The molecular formula is C27H32FN3O5S. The highest BCUT2D eigenvalue weighted by molar-refractivity contribution is 7.89. The molecule has 1 heterocycles. The average Bonchev–Trinajstić information content (AvgIpc) is 3.68. The second-order valence-electron chi connectivity index (χ2n) is 9.77. The number of hydrogen-bond acceptors (Lipinski definition) is 5. The van der Waals surface area contributed by atoms with Crippen LogP contribution in [-0.4, -0.2) is 73.7 Å². The molecule has 10 heteroatoms. The third-order valence-electron chi connectivity index (χ3n) is 6.55. The second-order valence-corrected chi connectivity index (χ2v) is 11.6. The number of aliphatic hydroxyl groups excluding tert-OH is 1. The Labute approximate surface area is 217 Å². The minimum Gasteiger partial charge on any atom is -0.487 e. The van der Waals surface area contributed by atoms with Crippen LogP contribution in [0.3, 0.4) is 0 Å². The van der Waals surface area contributed by atoms with Crippen molar-refractivity contribution >= 4 is 16.1 Å². The number of carbonyl (C=O) groups is 1. The fourth-order valence-electron chi connectivity index (χ4n) is 4.10. The molecule has 2 N–H and O–H groups in total. The summed E-state index contributed by atoms with van der Waals surface area (Å²) in [5, 5.41) is 12.7. The van der Waals surface area contributed by atoms with Crippen LogP contribution in [0.15, 0.2) is 47.4 Å². The van der Waals surface area contributed by atoms with Crippen LogP contribution in [0.5, 0.6) is 5.75 Å². The lowest BCUT2D eigenvalue weighted by Crippen LogP contribution is -2.51. The van der Waals surface area contributed by atoms with Gasteiger partial charge in [-0.25, -0.2) is 17.6 Å². The van der Waals surface area contributed by atoms with Crippen molar-refractivity contribution < 1.29 is 27.4 Å². The number of benzene rings is 2. The summed E-state index contributed by atoms with van der Waals surface area (Å²) in [4.78, 5) is 14.1. The molecule has 0 bridgehead atoms. The van der Waals surface area contributed by atoms with E-state index in [1.165, 1.54) is 22.5 Å². The highest BCUT2D eigenvalue weighted by Crippen LogP contribution is 2.34. The molecule has 198 valence electrons. The first-order chi connectivity index (χ1) is 17.6. The number of fused-ring (bicyclic) bond motifs is 1. The van der Waals surface area contributed by atoms with E-state index in [9.17, 15) is 22.7 Å². The molecule has 0 aromatic heterocycles. The fourth-order valence-corrected chi connectivity index (χ4v) is 5.92. The first-order valence-corrected chi connectivity index (χ1v) is 13.7. The Hall–Kier alpha value is -3.13. The van der Waals surface area contributed by atoms with Gasteiger partial charge < -0.3 is 20.1 Å². The largest absolute Gasteiger partial charge is 0.487 e. The van der Waals surface area contributed by atoms with Crippen molar-refractivity contribution in [3.8, 4) is 17.6 Å². The maximum atomic E-state index is 13.6.